The van der Waals surface area contributed by atoms with E-state index in [-0.39, 0.29) is 5.91 Å². The van der Waals surface area contributed by atoms with Crippen molar-refractivity contribution in [2.24, 2.45) is 0 Å². The Bertz CT molecular complexity index is 857. The average molecular weight is 324 g/mol. The van der Waals surface area contributed by atoms with Crippen LogP contribution in [0, 0.1) is 13.8 Å². The lowest BCUT2D eigenvalue weighted by Gasteiger charge is -2.10. The summed E-state index contributed by atoms with van der Waals surface area (Å²) in [6.45, 7) is 4.69. The molecule has 0 fully saturated rings. The minimum absolute atomic E-state index is 0.0759. The molecule has 3 rings (SSSR count). The zero-order valence-corrected chi connectivity index (χ0v) is 13.8. The van der Waals surface area contributed by atoms with Crippen molar-refractivity contribution in [1.82, 2.24) is 19.9 Å². The van der Waals surface area contributed by atoms with Gasteiger partial charge in [-0.1, -0.05) is 18.2 Å². The zero-order valence-electron chi connectivity index (χ0n) is 13.8. The normalized spacial score (nSPS) is 10.8. The predicted octanol–water partition coefficient (Wildman–Crippen LogP) is 2.43. The minimum atomic E-state index is -0.0759. The number of benzene rings is 1. The lowest BCUT2D eigenvalue weighted by molar-refractivity contribution is -0.121. The molecule has 3 aromatic rings. The van der Waals surface area contributed by atoms with E-state index in [9.17, 15) is 4.79 Å². The Labute approximate surface area is 140 Å². The molecule has 1 amide bonds. The van der Waals surface area contributed by atoms with Crippen LogP contribution in [0.3, 0.4) is 0 Å². The summed E-state index contributed by atoms with van der Waals surface area (Å²) in [6.07, 6.45) is 2.17. The van der Waals surface area contributed by atoms with Crippen molar-refractivity contribution in [3.8, 4) is 5.75 Å². The number of carbonyl (C=O) groups excluding carboxylic acids is 1. The number of pyridine rings is 1. The van der Waals surface area contributed by atoms with E-state index in [1.54, 1.807) is 0 Å². The number of aryl methyl sites for hydroxylation is 2. The van der Waals surface area contributed by atoms with Crippen LogP contribution in [0.1, 0.15) is 23.4 Å². The van der Waals surface area contributed by atoms with Crippen LogP contribution in [0.5, 0.6) is 5.75 Å². The molecule has 6 heteroatoms. The number of nitrogens with one attached hydrogen (secondary N) is 1. The van der Waals surface area contributed by atoms with E-state index in [4.69, 9.17) is 4.74 Å². The second-order valence-corrected chi connectivity index (χ2v) is 5.69. The lowest BCUT2D eigenvalue weighted by Crippen LogP contribution is -2.25. The number of hydrogen-bond donors (Lipinski definition) is 1. The molecule has 6 nitrogen and oxygen atoms in total. The van der Waals surface area contributed by atoms with Crippen LogP contribution in [-0.2, 0) is 11.3 Å². The third-order valence-corrected chi connectivity index (χ3v) is 3.76. The van der Waals surface area contributed by atoms with Crippen molar-refractivity contribution >= 4 is 11.6 Å². The molecule has 0 aliphatic heterocycles. The van der Waals surface area contributed by atoms with Gasteiger partial charge in [-0.25, -0.2) is 0 Å². The van der Waals surface area contributed by atoms with Gasteiger partial charge in [-0.2, -0.15) is 0 Å². The molecule has 124 valence electrons. The van der Waals surface area contributed by atoms with E-state index in [1.165, 1.54) is 0 Å². The first-order valence-electron chi connectivity index (χ1n) is 7.89. The Morgan fingerprint density at radius 1 is 1.21 bits per heavy atom. The van der Waals surface area contributed by atoms with E-state index in [0.717, 1.165) is 22.5 Å². The number of fused-ring (bicyclic) bond motifs is 1. The first-order valence-corrected chi connectivity index (χ1v) is 7.89. The van der Waals surface area contributed by atoms with Crippen LogP contribution in [0.25, 0.3) is 5.65 Å². The van der Waals surface area contributed by atoms with Crippen LogP contribution in [0.4, 0.5) is 0 Å². The molecule has 0 aliphatic rings. The van der Waals surface area contributed by atoms with Gasteiger partial charge < -0.3 is 10.1 Å². The molecule has 0 bridgehead atoms. The molecule has 24 heavy (non-hydrogen) atoms. The number of aromatic nitrogens is 3. The maximum absolute atomic E-state index is 12.0. The molecule has 0 atom stereocenters. The van der Waals surface area contributed by atoms with E-state index in [1.807, 2.05) is 60.8 Å². The average Bonchev–Trinajstić information content (AvgIpc) is 2.99. The summed E-state index contributed by atoms with van der Waals surface area (Å²) in [5, 5.41) is 11.0. The topological polar surface area (TPSA) is 68.5 Å². The molecular weight excluding hydrogens is 304 g/mol. The molecule has 1 N–H and O–H groups in total. The van der Waals surface area contributed by atoms with Crippen molar-refractivity contribution < 1.29 is 9.53 Å². The van der Waals surface area contributed by atoms with Gasteiger partial charge in [-0.3, -0.25) is 9.20 Å². The maximum atomic E-state index is 12.0. The highest BCUT2D eigenvalue weighted by atomic mass is 16.5. The highest BCUT2D eigenvalue weighted by Gasteiger charge is 2.08. The van der Waals surface area contributed by atoms with Crippen LogP contribution in [0.2, 0.25) is 0 Å². The molecule has 0 spiro atoms. The summed E-state index contributed by atoms with van der Waals surface area (Å²) < 4.78 is 7.56. The third kappa shape index (κ3) is 3.71. The SMILES string of the molecule is Cc1ccc(C)c(OCCC(=O)NCc2nnc3ccccn23)c1. The number of rotatable bonds is 6. The van der Waals surface area contributed by atoms with Crippen LogP contribution in [-0.4, -0.2) is 27.1 Å². The summed E-state index contributed by atoms with van der Waals surface area (Å²) in [5.74, 6) is 1.45. The standard InChI is InChI=1S/C18H20N4O2/c1-13-6-7-14(2)15(11-13)24-10-8-18(23)19-12-17-21-20-16-5-3-4-9-22(16)17/h3-7,9,11H,8,10,12H2,1-2H3,(H,19,23). The van der Waals surface area contributed by atoms with Gasteiger partial charge in [0.05, 0.1) is 19.6 Å². The molecule has 0 unspecified atom stereocenters. The minimum Gasteiger partial charge on any atom is -0.493 e. The lowest BCUT2D eigenvalue weighted by atomic mass is 10.1. The summed E-state index contributed by atoms with van der Waals surface area (Å²) in [6, 6.07) is 11.7. The maximum Gasteiger partial charge on any atom is 0.223 e. The van der Waals surface area contributed by atoms with E-state index in [2.05, 4.69) is 15.5 Å². The molecular formula is C18H20N4O2. The Kier molecular flexibility index (Phi) is 4.74. The molecule has 0 saturated heterocycles. The Hall–Kier alpha value is -2.89. The van der Waals surface area contributed by atoms with Gasteiger partial charge in [0.25, 0.3) is 0 Å². The Morgan fingerprint density at radius 3 is 2.96 bits per heavy atom. The smallest absolute Gasteiger partial charge is 0.223 e. The molecule has 0 saturated carbocycles. The van der Waals surface area contributed by atoms with Crippen molar-refractivity contribution in [3.63, 3.8) is 0 Å². The predicted molar refractivity (Wildman–Crippen MR) is 90.9 cm³/mol. The largest absolute Gasteiger partial charge is 0.493 e. The molecule has 2 heterocycles. The van der Waals surface area contributed by atoms with Crippen LogP contribution >= 0.6 is 0 Å². The highest BCUT2D eigenvalue weighted by molar-refractivity contribution is 5.75. The van der Waals surface area contributed by atoms with Gasteiger partial charge in [0.15, 0.2) is 11.5 Å². The Balaban J connectivity index is 1.48. The van der Waals surface area contributed by atoms with Gasteiger partial charge in [-0.05, 0) is 43.2 Å². The van der Waals surface area contributed by atoms with E-state index >= 15 is 0 Å². The number of hydrogen-bond acceptors (Lipinski definition) is 4. The molecule has 0 aliphatic carbocycles. The second kappa shape index (κ2) is 7.12. The van der Waals surface area contributed by atoms with Crippen LogP contribution in [0.15, 0.2) is 42.6 Å². The summed E-state index contributed by atoms with van der Waals surface area (Å²) >= 11 is 0. The third-order valence-electron chi connectivity index (χ3n) is 3.76. The fraction of sp³-hybridized carbons (Fsp3) is 0.278. The number of ether oxygens (including phenoxy) is 1. The van der Waals surface area contributed by atoms with E-state index < -0.39 is 0 Å². The summed E-state index contributed by atoms with van der Waals surface area (Å²) in [5.41, 5.74) is 2.97. The number of carbonyl (C=O) groups is 1. The fourth-order valence-corrected chi connectivity index (χ4v) is 2.39. The highest BCUT2D eigenvalue weighted by Crippen LogP contribution is 2.19. The monoisotopic (exact) mass is 324 g/mol. The summed E-state index contributed by atoms with van der Waals surface area (Å²) in [7, 11) is 0. The van der Waals surface area contributed by atoms with Gasteiger partial charge in [0.2, 0.25) is 5.91 Å². The van der Waals surface area contributed by atoms with Crippen molar-refractivity contribution in [2.75, 3.05) is 6.61 Å². The second-order valence-electron chi connectivity index (χ2n) is 5.69. The van der Waals surface area contributed by atoms with Crippen molar-refractivity contribution in [1.29, 1.82) is 0 Å². The number of nitrogens with zero attached hydrogens (tertiary/aromatic N) is 3. The Morgan fingerprint density at radius 2 is 2.08 bits per heavy atom. The van der Waals surface area contributed by atoms with Gasteiger partial charge in [-0.15, -0.1) is 10.2 Å². The quantitative estimate of drug-likeness (QED) is 0.756. The molecule has 1 aromatic carbocycles. The first-order chi connectivity index (χ1) is 11.6. The van der Waals surface area contributed by atoms with Gasteiger partial charge >= 0.3 is 0 Å². The zero-order chi connectivity index (χ0) is 16.9. The van der Waals surface area contributed by atoms with Gasteiger partial charge in [0, 0.05) is 6.20 Å². The van der Waals surface area contributed by atoms with Crippen LogP contribution < -0.4 is 10.1 Å². The van der Waals surface area contributed by atoms with E-state index in [0.29, 0.717) is 25.4 Å². The van der Waals surface area contributed by atoms with Crippen molar-refractivity contribution in [3.05, 3.63) is 59.5 Å². The first kappa shape index (κ1) is 16.0. The molecule has 2 aromatic heterocycles. The summed E-state index contributed by atoms with van der Waals surface area (Å²) in [4.78, 5) is 12.0. The molecule has 0 radical (unpaired) electrons. The number of amides is 1. The fourth-order valence-electron chi connectivity index (χ4n) is 2.39. The van der Waals surface area contributed by atoms with Crippen molar-refractivity contribution in [2.45, 2.75) is 26.8 Å². The van der Waals surface area contributed by atoms with Gasteiger partial charge in [0.1, 0.15) is 5.75 Å².